The third-order valence-electron chi connectivity index (χ3n) is 1.24. The summed E-state index contributed by atoms with van der Waals surface area (Å²) in [7, 11) is -3.46. The molecule has 0 atom stereocenters. The van der Waals surface area contributed by atoms with Crippen LogP contribution in [0.5, 0.6) is 0 Å². The maximum atomic E-state index is 11.5. The minimum absolute atomic E-state index is 0. The first-order valence-corrected chi connectivity index (χ1v) is 5.43. The van der Waals surface area contributed by atoms with Gasteiger partial charge >= 0.3 is 0 Å². The van der Waals surface area contributed by atoms with E-state index in [1.165, 1.54) is 0 Å². The molecule has 84 valence electrons. The fourth-order valence-corrected chi connectivity index (χ4v) is 2.08. The summed E-state index contributed by atoms with van der Waals surface area (Å²) in [6.45, 7) is 13.9. The van der Waals surface area contributed by atoms with Crippen molar-refractivity contribution in [1.29, 1.82) is 0 Å². The first-order valence-electron chi connectivity index (χ1n) is 3.95. The topological polar surface area (TPSA) is 46.2 Å². The van der Waals surface area contributed by atoms with Gasteiger partial charge in [-0.1, -0.05) is 13.2 Å². The van der Waals surface area contributed by atoms with E-state index in [4.69, 9.17) is 0 Å². The number of hydrogen-bond donors (Lipinski definition) is 1. The van der Waals surface area contributed by atoms with E-state index < -0.39 is 15.6 Å². The van der Waals surface area contributed by atoms with E-state index in [9.17, 15) is 8.42 Å². The molecule has 0 aromatic carbocycles. The molecule has 14 heavy (non-hydrogen) atoms. The predicted molar refractivity (Wildman–Crippen MR) is 66.1 cm³/mol. The Bertz CT molecular complexity index is 323. The molecule has 1 N–H and O–H groups in total. The van der Waals surface area contributed by atoms with Crippen LogP contribution in [0.3, 0.4) is 0 Å². The van der Waals surface area contributed by atoms with Crippen LogP contribution in [0.2, 0.25) is 0 Å². The Kier molecular flexibility index (Phi) is 5.78. The summed E-state index contributed by atoms with van der Waals surface area (Å²) in [5.41, 5.74) is -0.0335. The molecule has 0 aromatic rings. The minimum atomic E-state index is -3.46. The molecule has 0 aliphatic carbocycles. The zero-order valence-electron chi connectivity index (χ0n) is 9.14. The molecule has 0 saturated heterocycles. The summed E-state index contributed by atoms with van der Waals surface area (Å²) in [6, 6.07) is 0. The van der Waals surface area contributed by atoms with Gasteiger partial charge in [0.1, 0.15) is 0 Å². The Morgan fingerprint density at radius 2 is 1.57 bits per heavy atom. The Morgan fingerprint density at radius 1 is 1.21 bits per heavy atom. The Morgan fingerprint density at radius 3 is 1.79 bits per heavy atom. The van der Waals surface area contributed by atoms with E-state index >= 15 is 0 Å². The molecule has 0 aromatic heterocycles. The van der Waals surface area contributed by atoms with Gasteiger partial charge in [0.05, 0.1) is 4.91 Å². The van der Waals surface area contributed by atoms with Gasteiger partial charge in [-0.05, 0) is 33.3 Å². The molecule has 0 rings (SSSR count). The van der Waals surface area contributed by atoms with Crippen LogP contribution in [0.4, 0.5) is 0 Å². The summed E-state index contributed by atoms with van der Waals surface area (Å²) in [6.07, 6.45) is 0. The van der Waals surface area contributed by atoms with Crippen molar-refractivity contribution in [1.82, 2.24) is 4.72 Å². The van der Waals surface area contributed by atoms with Crippen molar-refractivity contribution in [2.24, 2.45) is 0 Å². The van der Waals surface area contributed by atoms with Crippen molar-refractivity contribution in [2.75, 3.05) is 0 Å². The Labute approximate surface area is 93.8 Å². The zero-order valence-corrected chi connectivity index (χ0v) is 11.0. The first kappa shape index (κ1) is 16.2. The molecule has 0 radical (unpaired) electrons. The maximum Gasteiger partial charge on any atom is 0.240 e. The van der Waals surface area contributed by atoms with Crippen LogP contribution in [-0.2, 0) is 10.0 Å². The van der Waals surface area contributed by atoms with Crippen molar-refractivity contribution < 1.29 is 8.42 Å². The molecule has 0 heterocycles. The maximum absolute atomic E-state index is 11.5. The highest BCUT2D eigenvalue weighted by Gasteiger charge is 2.22. The van der Waals surface area contributed by atoms with Crippen LogP contribution in [0, 0.1) is 0 Å². The lowest BCUT2D eigenvalue weighted by atomic mass is 10.1. The number of rotatable bonds is 3. The highest BCUT2D eigenvalue weighted by molar-refractivity contribution is 7.93. The van der Waals surface area contributed by atoms with E-state index in [0.29, 0.717) is 5.57 Å². The molecule has 0 aliphatic heterocycles. The lowest BCUT2D eigenvalue weighted by Gasteiger charge is -2.21. The predicted octanol–water partition coefficient (Wildman–Crippen LogP) is 1.91. The van der Waals surface area contributed by atoms with Gasteiger partial charge in [0.2, 0.25) is 10.0 Å². The molecular formula is C9H19NO2S2. The average molecular weight is 237 g/mol. The number of sulfonamides is 1. The summed E-state index contributed by atoms with van der Waals surface area (Å²) in [5.74, 6) is 0. The summed E-state index contributed by atoms with van der Waals surface area (Å²) < 4.78 is 25.5. The van der Waals surface area contributed by atoms with Gasteiger partial charge in [-0.2, -0.15) is 13.5 Å². The molecule has 0 amide bonds. The number of hydrogen-bond acceptors (Lipinski definition) is 2. The molecule has 0 bridgehead atoms. The molecule has 0 spiro atoms. The molecular weight excluding hydrogens is 218 g/mol. The smallest absolute Gasteiger partial charge is 0.207 e. The van der Waals surface area contributed by atoms with E-state index in [0.717, 1.165) is 0 Å². The van der Waals surface area contributed by atoms with Crippen molar-refractivity contribution in [3.05, 3.63) is 23.6 Å². The second-order valence-corrected chi connectivity index (χ2v) is 5.76. The van der Waals surface area contributed by atoms with Crippen LogP contribution in [0.1, 0.15) is 27.7 Å². The highest BCUT2D eigenvalue weighted by Crippen LogP contribution is 2.14. The third kappa shape index (κ3) is 5.47. The summed E-state index contributed by atoms with van der Waals surface area (Å²) in [5, 5.41) is 0. The quantitative estimate of drug-likeness (QED) is 0.762. The fraction of sp³-hybridized carbons (Fsp3) is 0.556. The van der Waals surface area contributed by atoms with Gasteiger partial charge in [0.25, 0.3) is 0 Å². The van der Waals surface area contributed by atoms with E-state index in [-0.39, 0.29) is 18.4 Å². The second-order valence-electron chi connectivity index (χ2n) is 4.06. The van der Waals surface area contributed by atoms with Crippen molar-refractivity contribution in [3.8, 4) is 0 Å². The van der Waals surface area contributed by atoms with Crippen molar-refractivity contribution in [3.63, 3.8) is 0 Å². The fourth-order valence-electron chi connectivity index (χ4n) is 0.694. The van der Waals surface area contributed by atoms with Crippen LogP contribution in [0.15, 0.2) is 23.6 Å². The van der Waals surface area contributed by atoms with Gasteiger partial charge in [-0.25, -0.2) is 13.1 Å². The monoisotopic (exact) mass is 237 g/mol. The Balaban J connectivity index is 0. The van der Waals surface area contributed by atoms with Gasteiger partial charge in [0.15, 0.2) is 0 Å². The molecule has 0 unspecified atom stereocenters. The van der Waals surface area contributed by atoms with Gasteiger partial charge in [0, 0.05) is 5.54 Å². The largest absolute Gasteiger partial charge is 0.240 e. The second kappa shape index (κ2) is 5.00. The lowest BCUT2D eigenvalue weighted by Crippen LogP contribution is -2.41. The van der Waals surface area contributed by atoms with Gasteiger partial charge < -0.3 is 0 Å². The van der Waals surface area contributed by atoms with Crippen LogP contribution < -0.4 is 4.72 Å². The summed E-state index contributed by atoms with van der Waals surface area (Å²) >= 11 is 0. The molecule has 0 fully saturated rings. The van der Waals surface area contributed by atoms with Crippen LogP contribution in [-0.4, -0.2) is 14.0 Å². The SMILES string of the molecule is C=C(C)C(=C)S(=O)(=O)NC(C)(C)C.S. The van der Waals surface area contributed by atoms with Crippen molar-refractivity contribution >= 4 is 23.5 Å². The minimum Gasteiger partial charge on any atom is -0.207 e. The van der Waals surface area contributed by atoms with Crippen LogP contribution in [0.25, 0.3) is 0 Å². The van der Waals surface area contributed by atoms with Crippen molar-refractivity contribution in [2.45, 2.75) is 33.2 Å². The molecule has 3 nitrogen and oxygen atoms in total. The van der Waals surface area contributed by atoms with Gasteiger partial charge in [-0.15, -0.1) is 0 Å². The molecule has 5 heteroatoms. The normalized spacial score (nSPS) is 11.7. The summed E-state index contributed by atoms with van der Waals surface area (Å²) in [4.78, 5) is 0.0439. The van der Waals surface area contributed by atoms with E-state index in [1.807, 2.05) is 0 Å². The third-order valence-corrected chi connectivity index (χ3v) is 3.12. The van der Waals surface area contributed by atoms with Crippen LogP contribution >= 0.6 is 13.5 Å². The first-order chi connectivity index (χ1) is 5.56. The van der Waals surface area contributed by atoms with E-state index in [1.54, 1.807) is 27.7 Å². The highest BCUT2D eigenvalue weighted by atomic mass is 32.2. The standard InChI is InChI=1S/C9H17NO2S.H2S/c1-7(2)8(3)13(11,12)10-9(4,5)6;/h10H,1,3H2,2,4-6H3;1H2. The van der Waals surface area contributed by atoms with Gasteiger partial charge in [-0.3, -0.25) is 0 Å². The average Bonchev–Trinajstić information content (AvgIpc) is 1.80. The zero-order chi connectivity index (χ0) is 10.9. The van der Waals surface area contributed by atoms with E-state index in [2.05, 4.69) is 17.9 Å². The lowest BCUT2D eigenvalue weighted by molar-refractivity contribution is 0.495. The molecule has 0 aliphatic rings. The number of nitrogens with one attached hydrogen (secondary N) is 1. The Hall–Kier alpha value is -0.260. The molecule has 0 saturated carbocycles. The number of allylic oxidation sites excluding steroid dienone is 1.